The third kappa shape index (κ3) is 3.34. The Hall–Kier alpha value is -3.22. The molecule has 0 spiro atoms. The second-order valence-corrected chi connectivity index (χ2v) is 7.34. The number of benzene rings is 2. The van der Waals surface area contributed by atoms with Crippen LogP contribution in [-0.2, 0) is 14.3 Å². The molecule has 1 aliphatic rings. The van der Waals surface area contributed by atoms with Crippen LogP contribution in [0.1, 0.15) is 38.3 Å². The standard InChI is InChI=1S/C23H24FN3O3/c1-3-5-13-26-21(28)19(22(29)30-4-2)20(15-9-8-10-16(24)14-15)27-18-12-7-6-11-17(18)25-23(26)27/h6-12,14,19-20H,3-5,13H2,1-2H3/t19-,20+/m1/s1. The Morgan fingerprint density at radius 1 is 1.17 bits per heavy atom. The van der Waals surface area contributed by atoms with Crippen LogP contribution in [0, 0.1) is 11.7 Å². The fraction of sp³-hybridized carbons (Fsp3) is 0.348. The number of halogens is 1. The molecule has 2 atom stereocenters. The Kier molecular flexibility index (Phi) is 5.53. The third-order valence-corrected chi connectivity index (χ3v) is 5.41. The predicted molar refractivity (Wildman–Crippen MR) is 112 cm³/mol. The van der Waals surface area contributed by atoms with Crippen molar-refractivity contribution < 1.29 is 18.7 Å². The van der Waals surface area contributed by atoms with Crippen LogP contribution in [0.2, 0.25) is 0 Å². The number of anilines is 1. The number of aromatic nitrogens is 2. The van der Waals surface area contributed by atoms with Gasteiger partial charge in [0.2, 0.25) is 11.9 Å². The maximum atomic E-state index is 14.1. The van der Waals surface area contributed by atoms with Gasteiger partial charge in [0, 0.05) is 6.54 Å². The molecule has 2 heterocycles. The predicted octanol–water partition coefficient (Wildman–Crippen LogP) is 4.09. The van der Waals surface area contributed by atoms with Crippen LogP contribution in [0.4, 0.5) is 10.3 Å². The molecule has 156 valence electrons. The van der Waals surface area contributed by atoms with Crippen LogP contribution >= 0.6 is 0 Å². The number of ether oxygens (including phenoxy) is 1. The monoisotopic (exact) mass is 409 g/mol. The summed E-state index contributed by atoms with van der Waals surface area (Å²) in [6.07, 6.45) is 1.66. The Balaban J connectivity index is 1.98. The lowest BCUT2D eigenvalue weighted by Gasteiger charge is -2.38. The van der Waals surface area contributed by atoms with E-state index in [1.807, 2.05) is 35.8 Å². The number of carbonyl (C=O) groups is 2. The van der Waals surface area contributed by atoms with Gasteiger partial charge in [-0.05, 0) is 43.2 Å². The van der Waals surface area contributed by atoms with Gasteiger partial charge in [-0.2, -0.15) is 0 Å². The number of imidazole rings is 1. The summed E-state index contributed by atoms with van der Waals surface area (Å²) in [6.45, 7) is 4.35. The molecule has 0 fully saturated rings. The number of nitrogens with zero attached hydrogens (tertiary/aromatic N) is 3. The molecule has 7 heteroatoms. The summed E-state index contributed by atoms with van der Waals surface area (Å²) in [5.41, 5.74) is 2.03. The van der Waals surface area contributed by atoms with Gasteiger partial charge in [-0.3, -0.25) is 14.5 Å². The smallest absolute Gasteiger partial charge is 0.321 e. The molecule has 0 aliphatic carbocycles. The van der Waals surface area contributed by atoms with Crippen molar-refractivity contribution in [3.63, 3.8) is 0 Å². The van der Waals surface area contributed by atoms with E-state index >= 15 is 0 Å². The molecule has 1 aromatic heterocycles. The Morgan fingerprint density at radius 3 is 2.70 bits per heavy atom. The minimum Gasteiger partial charge on any atom is -0.465 e. The van der Waals surface area contributed by atoms with Gasteiger partial charge in [0.15, 0.2) is 5.92 Å². The first-order chi connectivity index (χ1) is 14.6. The first-order valence-electron chi connectivity index (χ1n) is 10.3. The highest BCUT2D eigenvalue weighted by Gasteiger charge is 2.47. The lowest BCUT2D eigenvalue weighted by atomic mass is 9.89. The van der Waals surface area contributed by atoms with E-state index in [1.54, 1.807) is 24.0 Å². The van der Waals surface area contributed by atoms with Gasteiger partial charge in [-0.15, -0.1) is 0 Å². The summed E-state index contributed by atoms with van der Waals surface area (Å²) in [7, 11) is 0. The fourth-order valence-corrected chi connectivity index (χ4v) is 4.07. The molecule has 0 unspecified atom stereocenters. The molecule has 3 aromatic rings. The van der Waals surface area contributed by atoms with E-state index in [0.717, 1.165) is 18.4 Å². The lowest BCUT2D eigenvalue weighted by molar-refractivity contribution is -0.153. The number of para-hydroxylation sites is 2. The van der Waals surface area contributed by atoms with Crippen LogP contribution in [0.15, 0.2) is 48.5 Å². The summed E-state index contributed by atoms with van der Waals surface area (Å²) < 4.78 is 21.3. The second kappa shape index (κ2) is 8.26. The van der Waals surface area contributed by atoms with E-state index in [-0.39, 0.29) is 12.5 Å². The summed E-state index contributed by atoms with van der Waals surface area (Å²) in [5, 5.41) is 0. The maximum Gasteiger partial charge on any atom is 0.321 e. The Morgan fingerprint density at radius 2 is 1.97 bits per heavy atom. The molecule has 6 nitrogen and oxygen atoms in total. The molecule has 2 aromatic carbocycles. The minimum atomic E-state index is -1.12. The molecule has 1 aliphatic heterocycles. The molecular formula is C23H24FN3O3. The minimum absolute atomic E-state index is 0.158. The van der Waals surface area contributed by atoms with E-state index in [2.05, 4.69) is 0 Å². The van der Waals surface area contributed by atoms with Crippen LogP contribution in [0.5, 0.6) is 0 Å². The van der Waals surface area contributed by atoms with Crippen molar-refractivity contribution in [2.24, 2.45) is 5.92 Å². The van der Waals surface area contributed by atoms with Crippen LogP contribution < -0.4 is 4.90 Å². The highest BCUT2D eigenvalue weighted by Crippen LogP contribution is 2.41. The van der Waals surface area contributed by atoms with Crippen molar-refractivity contribution in [2.45, 2.75) is 32.7 Å². The van der Waals surface area contributed by atoms with Crippen LogP contribution in [0.3, 0.4) is 0 Å². The van der Waals surface area contributed by atoms with E-state index in [4.69, 9.17) is 9.72 Å². The highest BCUT2D eigenvalue weighted by molar-refractivity contribution is 6.08. The zero-order valence-electron chi connectivity index (χ0n) is 17.0. The third-order valence-electron chi connectivity index (χ3n) is 5.41. The van der Waals surface area contributed by atoms with Gasteiger partial charge >= 0.3 is 5.97 Å². The van der Waals surface area contributed by atoms with E-state index in [9.17, 15) is 14.0 Å². The van der Waals surface area contributed by atoms with Gasteiger partial charge in [-0.1, -0.05) is 37.6 Å². The van der Waals surface area contributed by atoms with Gasteiger partial charge in [0.1, 0.15) is 5.82 Å². The number of carbonyl (C=O) groups excluding carboxylic acids is 2. The summed E-state index contributed by atoms with van der Waals surface area (Å²) in [6, 6.07) is 12.8. The fourth-order valence-electron chi connectivity index (χ4n) is 4.07. The van der Waals surface area contributed by atoms with Crippen molar-refractivity contribution in [3.05, 3.63) is 59.9 Å². The number of rotatable bonds is 6. The molecule has 0 radical (unpaired) electrons. The van der Waals surface area contributed by atoms with Crippen LogP contribution in [-0.4, -0.2) is 34.6 Å². The Labute approximate surface area is 174 Å². The SMILES string of the molecule is CCCCN1C(=O)[C@H](C(=O)OCC)[C@H](c2cccc(F)c2)n2c1nc1ccccc12. The lowest BCUT2D eigenvalue weighted by Crippen LogP contribution is -2.50. The number of hydrogen-bond acceptors (Lipinski definition) is 4. The maximum absolute atomic E-state index is 14.1. The number of hydrogen-bond donors (Lipinski definition) is 0. The largest absolute Gasteiger partial charge is 0.465 e. The van der Waals surface area contributed by atoms with E-state index in [1.165, 1.54) is 12.1 Å². The zero-order valence-corrected chi connectivity index (χ0v) is 17.0. The van der Waals surface area contributed by atoms with E-state index < -0.39 is 23.7 Å². The van der Waals surface area contributed by atoms with Crippen molar-refractivity contribution >= 4 is 28.9 Å². The van der Waals surface area contributed by atoms with Gasteiger partial charge in [0.25, 0.3) is 0 Å². The molecule has 1 amide bonds. The average molecular weight is 409 g/mol. The second-order valence-electron chi connectivity index (χ2n) is 7.34. The van der Waals surface area contributed by atoms with Crippen molar-refractivity contribution in [2.75, 3.05) is 18.1 Å². The van der Waals surface area contributed by atoms with Crippen molar-refractivity contribution in [3.8, 4) is 0 Å². The molecule has 0 saturated carbocycles. The highest BCUT2D eigenvalue weighted by atomic mass is 19.1. The molecule has 0 N–H and O–H groups in total. The van der Waals surface area contributed by atoms with Crippen LogP contribution in [0.25, 0.3) is 11.0 Å². The normalized spacial score (nSPS) is 18.5. The molecule has 30 heavy (non-hydrogen) atoms. The summed E-state index contributed by atoms with van der Waals surface area (Å²) >= 11 is 0. The quantitative estimate of drug-likeness (QED) is 0.454. The molecule has 0 bridgehead atoms. The van der Waals surface area contributed by atoms with E-state index in [0.29, 0.717) is 23.6 Å². The van der Waals surface area contributed by atoms with Crippen molar-refractivity contribution in [1.29, 1.82) is 0 Å². The first kappa shape index (κ1) is 20.1. The van der Waals surface area contributed by atoms with Gasteiger partial charge < -0.3 is 9.30 Å². The number of unbranched alkanes of at least 4 members (excludes halogenated alkanes) is 1. The van der Waals surface area contributed by atoms with Crippen molar-refractivity contribution in [1.82, 2.24) is 9.55 Å². The molecular weight excluding hydrogens is 385 g/mol. The number of fused-ring (bicyclic) bond motifs is 3. The van der Waals surface area contributed by atoms with Gasteiger partial charge in [-0.25, -0.2) is 9.37 Å². The first-order valence-corrected chi connectivity index (χ1v) is 10.3. The molecule has 0 saturated heterocycles. The Bertz CT molecular complexity index is 1090. The van der Waals surface area contributed by atoms with Gasteiger partial charge in [0.05, 0.1) is 23.7 Å². The average Bonchev–Trinajstić information content (AvgIpc) is 3.11. The zero-order chi connectivity index (χ0) is 21.3. The summed E-state index contributed by atoms with van der Waals surface area (Å²) in [5.74, 6) is -2.04. The number of amides is 1. The topological polar surface area (TPSA) is 64.4 Å². The number of esters is 1. The summed E-state index contributed by atoms with van der Waals surface area (Å²) in [4.78, 5) is 32.8. The molecule has 4 rings (SSSR count).